The van der Waals surface area contributed by atoms with Gasteiger partial charge in [-0.1, -0.05) is 0 Å². The smallest absolute Gasteiger partial charge is 0.309 e. The van der Waals surface area contributed by atoms with E-state index < -0.39 is 17.4 Å². The zero-order valence-corrected chi connectivity index (χ0v) is 15.2. The molecule has 0 saturated carbocycles. The second-order valence-corrected chi connectivity index (χ2v) is 7.55. The average molecular weight is 362 g/mol. The molecular weight excluding hydrogens is 340 g/mol. The molecule has 1 spiro atoms. The van der Waals surface area contributed by atoms with Crippen molar-refractivity contribution >= 4 is 29.5 Å². The number of piperidine rings is 1. The molecule has 0 aliphatic carbocycles. The lowest BCUT2D eigenvalue weighted by Gasteiger charge is -2.45. The molecule has 25 heavy (non-hydrogen) atoms. The van der Waals surface area contributed by atoms with Crippen LogP contribution in [0.3, 0.4) is 0 Å². The number of nitrogens with zero attached hydrogens (tertiary/aromatic N) is 2. The molecule has 1 atom stereocenters. The lowest BCUT2D eigenvalue weighted by molar-refractivity contribution is -0.145. The number of hydrogen-bond acceptors (Lipinski definition) is 4. The van der Waals surface area contributed by atoms with Gasteiger partial charge in [0.05, 0.1) is 11.5 Å². The quantitative estimate of drug-likeness (QED) is 0.832. The Hall–Kier alpha value is -2.02. The maximum atomic E-state index is 12.7. The summed E-state index contributed by atoms with van der Waals surface area (Å²) < 4.78 is 0. The topological polar surface area (TPSA) is 77.9 Å². The number of carbonyl (C=O) groups is 3. The van der Waals surface area contributed by atoms with E-state index in [1.165, 1.54) is 0 Å². The van der Waals surface area contributed by atoms with Crippen molar-refractivity contribution in [2.45, 2.75) is 29.7 Å². The Balaban J connectivity index is 1.73. The second kappa shape index (κ2) is 6.71. The monoisotopic (exact) mass is 362 g/mol. The Morgan fingerprint density at radius 2 is 1.80 bits per heavy atom. The first kappa shape index (κ1) is 17.8. The molecule has 2 aliphatic heterocycles. The van der Waals surface area contributed by atoms with Gasteiger partial charge in [0.25, 0.3) is 5.91 Å². The van der Waals surface area contributed by atoms with E-state index in [1.54, 1.807) is 28.6 Å². The maximum Gasteiger partial charge on any atom is 0.309 e. The molecule has 2 amide bonds. The van der Waals surface area contributed by atoms with Crippen LogP contribution in [-0.2, 0) is 9.59 Å². The van der Waals surface area contributed by atoms with E-state index >= 15 is 0 Å². The summed E-state index contributed by atoms with van der Waals surface area (Å²) >= 11 is 1.62. The molecule has 2 saturated heterocycles. The van der Waals surface area contributed by atoms with E-state index in [0.717, 1.165) is 4.90 Å². The Morgan fingerprint density at radius 1 is 1.20 bits per heavy atom. The van der Waals surface area contributed by atoms with Crippen molar-refractivity contribution in [3.05, 3.63) is 29.8 Å². The summed E-state index contributed by atoms with van der Waals surface area (Å²) in [6.45, 7) is 0.926. The first-order valence-electron chi connectivity index (χ1n) is 8.32. The molecule has 1 aromatic rings. The first-order chi connectivity index (χ1) is 11.9. The Bertz CT molecular complexity index is 696. The van der Waals surface area contributed by atoms with Crippen LogP contribution in [0.2, 0.25) is 0 Å². The number of thioether (sulfide) groups is 1. The summed E-state index contributed by atoms with van der Waals surface area (Å²) in [7, 11) is 1.68. The predicted octanol–water partition coefficient (Wildman–Crippen LogP) is 1.95. The summed E-state index contributed by atoms with van der Waals surface area (Å²) in [6.07, 6.45) is 3.04. The highest BCUT2D eigenvalue weighted by atomic mass is 32.2. The molecule has 1 N–H and O–H groups in total. The fourth-order valence-corrected chi connectivity index (χ4v) is 4.41. The van der Waals surface area contributed by atoms with Crippen LogP contribution < -0.4 is 0 Å². The van der Waals surface area contributed by atoms with Crippen LogP contribution in [0.5, 0.6) is 0 Å². The van der Waals surface area contributed by atoms with Crippen LogP contribution >= 0.6 is 11.8 Å². The standard InChI is InChI=1S/C18H22N2O4S/c1-19-15(21)11-14(17(23)24)18(19)7-9-20(10-8-18)16(22)12-3-5-13(25-2)6-4-12/h3-6,14H,7-11H2,1-2H3,(H,23,24)/t14-/m0/s1. The minimum Gasteiger partial charge on any atom is -0.481 e. The highest BCUT2D eigenvalue weighted by Gasteiger charge is 2.55. The molecule has 2 heterocycles. The molecule has 0 bridgehead atoms. The van der Waals surface area contributed by atoms with Gasteiger partial charge in [0.15, 0.2) is 0 Å². The molecule has 134 valence electrons. The summed E-state index contributed by atoms with van der Waals surface area (Å²) in [5.41, 5.74) is -0.0260. The average Bonchev–Trinajstić information content (AvgIpc) is 2.87. The van der Waals surface area contributed by atoms with Gasteiger partial charge < -0.3 is 14.9 Å². The zero-order chi connectivity index (χ0) is 18.2. The van der Waals surface area contributed by atoms with Crippen molar-refractivity contribution < 1.29 is 19.5 Å². The van der Waals surface area contributed by atoms with Gasteiger partial charge in [0.2, 0.25) is 5.91 Å². The molecule has 0 aromatic heterocycles. The fourth-order valence-electron chi connectivity index (χ4n) is 4.00. The number of aliphatic carboxylic acids is 1. The molecule has 7 heteroatoms. The molecule has 2 aliphatic rings. The predicted molar refractivity (Wildman–Crippen MR) is 94.6 cm³/mol. The van der Waals surface area contributed by atoms with Crippen molar-refractivity contribution in [2.24, 2.45) is 5.92 Å². The summed E-state index contributed by atoms with van der Waals surface area (Å²) in [5, 5.41) is 9.51. The molecule has 1 aromatic carbocycles. The molecule has 2 fully saturated rings. The van der Waals surface area contributed by atoms with Gasteiger partial charge in [0, 0.05) is 37.0 Å². The zero-order valence-electron chi connectivity index (χ0n) is 14.4. The Labute approximate surface area is 151 Å². The number of likely N-dealkylation sites (tertiary alicyclic amines) is 2. The minimum absolute atomic E-state index is 0.0404. The van der Waals surface area contributed by atoms with Crippen LogP contribution in [0, 0.1) is 5.92 Å². The lowest BCUT2D eigenvalue weighted by Crippen LogP contribution is -2.56. The van der Waals surface area contributed by atoms with E-state index in [9.17, 15) is 19.5 Å². The van der Waals surface area contributed by atoms with Crippen molar-refractivity contribution in [3.63, 3.8) is 0 Å². The number of carboxylic acid groups (broad SMARTS) is 1. The van der Waals surface area contributed by atoms with Crippen molar-refractivity contribution in [2.75, 3.05) is 26.4 Å². The highest BCUT2D eigenvalue weighted by molar-refractivity contribution is 7.98. The molecule has 0 unspecified atom stereocenters. The van der Waals surface area contributed by atoms with Crippen molar-refractivity contribution in [1.82, 2.24) is 9.80 Å². The Morgan fingerprint density at radius 3 is 2.32 bits per heavy atom. The third kappa shape index (κ3) is 3.01. The molecular formula is C18H22N2O4S. The normalized spacial score (nSPS) is 22.5. The lowest BCUT2D eigenvalue weighted by atomic mass is 9.77. The van der Waals surface area contributed by atoms with E-state index in [1.807, 2.05) is 30.5 Å². The van der Waals surface area contributed by atoms with Crippen LogP contribution in [-0.4, -0.2) is 64.6 Å². The van der Waals surface area contributed by atoms with Gasteiger partial charge in [-0.15, -0.1) is 11.8 Å². The van der Waals surface area contributed by atoms with Gasteiger partial charge in [-0.05, 0) is 43.4 Å². The number of carboxylic acids is 1. The van der Waals surface area contributed by atoms with Gasteiger partial charge in [0.1, 0.15) is 0 Å². The van der Waals surface area contributed by atoms with Gasteiger partial charge in [-0.3, -0.25) is 14.4 Å². The van der Waals surface area contributed by atoms with E-state index in [-0.39, 0.29) is 18.2 Å². The molecule has 3 rings (SSSR count). The SMILES string of the molecule is CSc1ccc(C(=O)N2CCC3(CC2)[C@H](C(=O)O)CC(=O)N3C)cc1. The van der Waals surface area contributed by atoms with Crippen LogP contribution in [0.4, 0.5) is 0 Å². The number of benzene rings is 1. The number of rotatable bonds is 3. The van der Waals surface area contributed by atoms with Crippen LogP contribution in [0.1, 0.15) is 29.6 Å². The summed E-state index contributed by atoms with van der Waals surface area (Å²) in [5.74, 6) is -1.78. The van der Waals surface area contributed by atoms with Crippen molar-refractivity contribution in [1.29, 1.82) is 0 Å². The summed E-state index contributed by atoms with van der Waals surface area (Å²) in [4.78, 5) is 40.8. The first-order valence-corrected chi connectivity index (χ1v) is 9.54. The highest BCUT2D eigenvalue weighted by Crippen LogP contribution is 2.43. The van der Waals surface area contributed by atoms with Gasteiger partial charge >= 0.3 is 5.97 Å². The van der Waals surface area contributed by atoms with Crippen molar-refractivity contribution in [3.8, 4) is 0 Å². The third-order valence-corrected chi connectivity index (χ3v) is 6.36. The number of amides is 2. The van der Waals surface area contributed by atoms with Gasteiger partial charge in [-0.25, -0.2) is 0 Å². The molecule has 6 nitrogen and oxygen atoms in total. The van der Waals surface area contributed by atoms with E-state index in [0.29, 0.717) is 31.5 Å². The van der Waals surface area contributed by atoms with Crippen LogP contribution in [0.25, 0.3) is 0 Å². The number of hydrogen-bond donors (Lipinski definition) is 1. The van der Waals surface area contributed by atoms with E-state index in [2.05, 4.69) is 0 Å². The third-order valence-electron chi connectivity index (χ3n) is 5.62. The maximum absolute atomic E-state index is 12.7. The number of carbonyl (C=O) groups excluding carboxylic acids is 2. The fraction of sp³-hybridized carbons (Fsp3) is 0.500. The molecule has 0 radical (unpaired) electrons. The Kier molecular flexibility index (Phi) is 4.77. The summed E-state index contributed by atoms with van der Waals surface area (Å²) in [6, 6.07) is 7.49. The largest absolute Gasteiger partial charge is 0.481 e. The minimum atomic E-state index is -0.926. The van der Waals surface area contributed by atoms with Gasteiger partial charge in [-0.2, -0.15) is 0 Å². The van der Waals surface area contributed by atoms with E-state index in [4.69, 9.17) is 0 Å². The second-order valence-electron chi connectivity index (χ2n) is 6.67. The van der Waals surface area contributed by atoms with Crippen LogP contribution in [0.15, 0.2) is 29.2 Å².